The Labute approximate surface area is 85.8 Å². The number of carbonyl (C=O) groups excluding carboxylic acids is 1. The highest BCUT2D eigenvalue weighted by Crippen LogP contribution is 2.37. The van der Waals surface area contributed by atoms with Gasteiger partial charge in [-0.1, -0.05) is 0 Å². The van der Waals surface area contributed by atoms with Crippen molar-refractivity contribution in [3.8, 4) is 0 Å². The lowest BCUT2D eigenvalue weighted by molar-refractivity contribution is -0.384. The molecule has 1 aromatic carbocycles. The minimum absolute atomic E-state index is 0.0941. The van der Waals surface area contributed by atoms with E-state index >= 15 is 0 Å². The zero-order valence-electron chi connectivity index (χ0n) is 8.31. The Morgan fingerprint density at radius 2 is 2.07 bits per heavy atom. The van der Waals surface area contributed by atoms with E-state index in [1.165, 1.54) is 12.1 Å². The third-order valence-corrected chi connectivity index (χ3v) is 2.43. The van der Waals surface area contributed by atoms with Gasteiger partial charge in [0, 0.05) is 17.7 Å². The molecule has 0 amide bonds. The molecule has 0 bridgehead atoms. The van der Waals surface area contributed by atoms with Gasteiger partial charge in [-0.05, 0) is 19.9 Å². The van der Waals surface area contributed by atoms with Crippen LogP contribution in [0.4, 0.5) is 5.69 Å². The van der Waals surface area contributed by atoms with Gasteiger partial charge in [-0.25, -0.2) is 4.79 Å². The Kier molecular flexibility index (Phi) is 1.79. The molecule has 1 aliphatic heterocycles. The Balaban J connectivity index is 2.60. The molecular formula is C10H9NO4. The first-order valence-electron chi connectivity index (χ1n) is 4.44. The van der Waals surface area contributed by atoms with Gasteiger partial charge in [-0.3, -0.25) is 10.1 Å². The monoisotopic (exact) mass is 207 g/mol. The summed E-state index contributed by atoms with van der Waals surface area (Å²) in [6.07, 6.45) is 0. The van der Waals surface area contributed by atoms with Gasteiger partial charge >= 0.3 is 5.97 Å². The zero-order chi connectivity index (χ0) is 11.2. The molecule has 0 atom stereocenters. The van der Waals surface area contributed by atoms with Crippen LogP contribution in [0.3, 0.4) is 0 Å². The summed E-state index contributed by atoms with van der Waals surface area (Å²) in [5.41, 5.74) is 0.192. The number of benzene rings is 1. The summed E-state index contributed by atoms with van der Waals surface area (Å²) in [7, 11) is 0. The Morgan fingerprint density at radius 1 is 1.40 bits per heavy atom. The van der Waals surface area contributed by atoms with Gasteiger partial charge in [0.15, 0.2) is 0 Å². The number of cyclic esters (lactones) is 1. The highest BCUT2D eigenvalue weighted by atomic mass is 16.6. The molecule has 1 heterocycles. The molecule has 5 heteroatoms. The second-order valence-electron chi connectivity index (χ2n) is 3.89. The Morgan fingerprint density at radius 3 is 2.67 bits per heavy atom. The smallest absolute Gasteiger partial charge is 0.339 e. The number of fused-ring (bicyclic) bond motifs is 1. The quantitative estimate of drug-likeness (QED) is 0.401. The zero-order valence-corrected chi connectivity index (χ0v) is 8.31. The lowest BCUT2D eigenvalue weighted by Gasteiger charge is -2.16. The number of ether oxygens (including phenoxy) is 1. The van der Waals surface area contributed by atoms with Crippen LogP contribution in [-0.2, 0) is 10.3 Å². The molecule has 5 nitrogen and oxygen atoms in total. The molecule has 78 valence electrons. The van der Waals surface area contributed by atoms with E-state index in [1.807, 2.05) is 0 Å². The third kappa shape index (κ3) is 1.36. The van der Waals surface area contributed by atoms with Gasteiger partial charge in [0.1, 0.15) is 5.60 Å². The van der Waals surface area contributed by atoms with Crippen molar-refractivity contribution in [1.29, 1.82) is 0 Å². The first kappa shape index (κ1) is 9.64. The number of carbonyl (C=O) groups is 1. The molecule has 0 fully saturated rings. The van der Waals surface area contributed by atoms with Crippen molar-refractivity contribution in [2.45, 2.75) is 19.4 Å². The summed E-state index contributed by atoms with van der Waals surface area (Å²) < 4.78 is 5.09. The number of nitrogens with zero attached hydrogens (tertiary/aromatic N) is 1. The minimum atomic E-state index is -0.693. The van der Waals surface area contributed by atoms with Crippen molar-refractivity contribution in [3.63, 3.8) is 0 Å². The van der Waals surface area contributed by atoms with E-state index in [0.29, 0.717) is 5.56 Å². The maximum absolute atomic E-state index is 11.4. The van der Waals surface area contributed by atoms with Crippen LogP contribution in [0.1, 0.15) is 29.8 Å². The van der Waals surface area contributed by atoms with Gasteiger partial charge in [0.2, 0.25) is 0 Å². The van der Waals surface area contributed by atoms with Gasteiger partial charge in [0.05, 0.1) is 10.5 Å². The molecule has 0 radical (unpaired) electrons. The van der Waals surface area contributed by atoms with Crippen LogP contribution < -0.4 is 0 Å². The van der Waals surface area contributed by atoms with Crippen molar-refractivity contribution < 1.29 is 14.5 Å². The van der Waals surface area contributed by atoms with E-state index in [1.54, 1.807) is 19.9 Å². The second kappa shape index (κ2) is 2.79. The minimum Gasteiger partial charge on any atom is -0.451 e. The summed E-state index contributed by atoms with van der Waals surface area (Å²) in [4.78, 5) is 21.4. The maximum Gasteiger partial charge on any atom is 0.339 e. The molecule has 0 N–H and O–H groups in total. The lowest BCUT2D eigenvalue weighted by atomic mass is 9.96. The fourth-order valence-corrected chi connectivity index (χ4v) is 1.68. The van der Waals surface area contributed by atoms with E-state index in [4.69, 9.17) is 4.74 Å². The number of hydrogen-bond donors (Lipinski definition) is 0. The molecular weight excluding hydrogens is 198 g/mol. The largest absolute Gasteiger partial charge is 0.451 e. The van der Waals surface area contributed by atoms with Crippen LogP contribution in [0.25, 0.3) is 0 Å². The van der Waals surface area contributed by atoms with Crippen molar-refractivity contribution in [1.82, 2.24) is 0 Å². The molecule has 0 saturated carbocycles. The molecule has 1 aromatic rings. The van der Waals surface area contributed by atoms with E-state index in [9.17, 15) is 14.9 Å². The molecule has 0 aliphatic carbocycles. The van der Waals surface area contributed by atoms with Gasteiger partial charge in [0.25, 0.3) is 5.69 Å². The van der Waals surface area contributed by atoms with E-state index in [2.05, 4.69) is 0 Å². The molecule has 1 aliphatic rings. The van der Waals surface area contributed by atoms with E-state index in [0.717, 1.165) is 0 Å². The summed E-state index contributed by atoms with van der Waals surface area (Å²) in [6, 6.07) is 4.20. The van der Waals surface area contributed by atoms with Crippen LogP contribution in [-0.4, -0.2) is 10.9 Å². The van der Waals surface area contributed by atoms with Crippen molar-refractivity contribution in [3.05, 3.63) is 39.4 Å². The normalized spacial score (nSPS) is 17.1. The van der Waals surface area contributed by atoms with Gasteiger partial charge < -0.3 is 4.74 Å². The summed E-state index contributed by atoms with van der Waals surface area (Å²) in [6.45, 7) is 3.51. The number of non-ortho nitro benzene ring substituents is 1. The number of hydrogen-bond acceptors (Lipinski definition) is 4. The van der Waals surface area contributed by atoms with E-state index < -0.39 is 16.5 Å². The molecule has 0 saturated heterocycles. The first-order chi connectivity index (χ1) is 6.92. The SMILES string of the molecule is CC1(C)OC(=O)c2cc([N+](=O)[O-])ccc21. The summed E-state index contributed by atoms with van der Waals surface area (Å²) >= 11 is 0. The number of nitro benzene ring substituents is 1. The summed E-state index contributed by atoms with van der Waals surface area (Å²) in [5, 5.41) is 10.5. The molecule has 0 unspecified atom stereocenters. The van der Waals surface area contributed by atoms with Crippen LogP contribution in [0.15, 0.2) is 18.2 Å². The van der Waals surface area contributed by atoms with Crippen molar-refractivity contribution >= 4 is 11.7 Å². The third-order valence-electron chi connectivity index (χ3n) is 2.43. The van der Waals surface area contributed by atoms with Crippen LogP contribution in [0, 0.1) is 10.1 Å². The van der Waals surface area contributed by atoms with E-state index in [-0.39, 0.29) is 11.3 Å². The fourth-order valence-electron chi connectivity index (χ4n) is 1.68. The number of nitro groups is 1. The van der Waals surface area contributed by atoms with Crippen molar-refractivity contribution in [2.75, 3.05) is 0 Å². The van der Waals surface area contributed by atoms with Gasteiger partial charge in [-0.2, -0.15) is 0 Å². The lowest BCUT2D eigenvalue weighted by Crippen LogP contribution is -2.15. The van der Waals surface area contributed by atoms with Crippen LogP contribution in [0.5, 0.6) is 0 Å². The predicted octanol–water partition coefficient (Wildman–Crippen LogP) is 2.00. The average Bonchev–Trinajstić information content (AvgIpc) is 2.37. The molecule has 2 rings (SSSR count). The summed E-state index contributed by atoms with van der Waals surface area (Å²) in [5.74, 6) is -0.501. The predicted molar refractivity (Wildman–Crippen MR) is 51.5 cm³/mol. The van der Waals surface area contributed by atoms with Crippen LogP contribution >= 0.6 is 0 Å². The molecule has 0 aromatic heterocycles. The standard InChI is InChI=1S/C10H9NO4/c1-10(2)8-4-3-6(11(13)14)5-7(8)9(12)15-10/h3-5H,1-2H3. The van der Waals surface area contributed by atoms with Gasteiger partial charge in [-0.15, -0.1) is 0 Å². The number of rotatable bonds is 1. The Bertz CT molecular complexity index is 464. The Hall–Kier alpha value is -1.91. The number of esters is 1. The second-order valence-corrected chi connectivity index (χ2v) is 3.89. The molecule has 0 spiro atoms. The highest BCUT2D eigenvalue weighted by molar-refractivity contribution is 5.95. The van der Waals surface area contributed by atoms with Crippen molar-refractivity contribution in [2.24, 2.45) is 0 Å². The highest BCUT2D eigenvalue weighted by Gasteiger charge is 2.38. The fraction of sp³-hybridized carbons (Fsp3) is 0.300. The first-order valence-corrected chi connectivity index (χ1v) is 4.44. The van der Waals surface area contributed by atoms with Crippen LogP contribution in [0.2, 0.25) is 0 Å². The maximum atomic E-state index is 11.4. The topological polar surface area (TPSA) is 69.4 Å². The average molecular weight is 207 g/mol. The molecule has 15 heavy (non-hydrogen) atoms.